The first-order chi connectivity index (χ1) is 15.6. The number of Topliss-reactive ketones (excluding diaryl/α,β-unsaturated/α-hetero) is 1. The summed E-state index contributed by atoms with van der Waals surface area (Å²) in [6, 6.07) is 14.6. The van der Waals surface area contributed by atoms with E-state index in [2.05, 4.69) is 5.32 Å². The number of nitrogens with one attached hydrogen (secondary N) is 1. The molecule has 1 aliphatic heterocycles. The zero-order chi connectivity index (χ0) is 22.5. The molecular formula is C25H27N3O4. The van der Waals surface area contributed by atoms with E-state index >= 15 is 0 Å². The third-order valence-corrected chi connectivity index (χ3v) is 5.87. The number of fused-ring (bicyclic) bond motifs is 1. The maximum Gasteiger partial charge on any atom is 0.292 e. The van der Waals surface area contributed by atoms with Crippen LogP contribution in [-0.4, -0.2) is 47.3 Å². The van der Waals surface area contributed by atoms with Crippen LogP contribution in [0.25, 0.3) is 10.9 Å². The number of hydrogen-bond acceptors (Lipinski definition) is 4. The molecule has 32 heavy (non-hydrogen) atoms. The first-order valence-electron chi connectivity index (χ1n) is 10.9. The molecule has 2 amide bonds. The molecule has 0 saturated carbocycles. The number of para-hydroxylation sites is 1. The molecule has 0 aliphatic carbocycles. The van der Waals surface area contributed by atoms with Gasteiger partial charge >= 0.3 is 0 Å². The normalized spacial score (nSPS) is 13.7. The van der Waals surface area contributed by atoms with Crippen molar-refractivity contribution in [3.8, 4) is 5.75 Å². The molecule has 1 saturated heterocycles. The van der Waals surface area contributed by atoms with E-state index < -0.39 is 11.7 Å². The number of piperidine rings is 1. The molecule has 4 rings (SSSR count). The van der Waals surface area contributed by atoms with Gasteiger partial charge in [0.1, 0.15) is 12.3 Å². The van der Waals surface area contributed by atoms with Crippen LogP contribution >= 0.6 is 0 Å². The lowest BCUT2D eigenvalue weighted by Gasteiger charge is -2.27. The zero-order valence-corrected chi connectivity index (χ0v) is 18.2. The summed E-state index contributed by atoms with van der Waals surface area (Å²) in [6.45, 7) is 1.94. The van der Waals surface area contributed by atoms with E-state index in [1.54, 1.807) is 36.1 Å². The third kappa shape index (κ3) is 4.66. The van der Waals surface area contributed by atoms with Gasteiger partial charge in [-0.15, -0.1) is 0 Å². The van der Waals surface area contributed by atoms with E-state index in [9.17, 15) is 14.4 Å². The number of likely N-dealkylation sites (tertiary alicyclic amines) is 1. The van der Waals surface area contributed by atoms with E-state index in [1.807, 2.05) is 35.2 Å². The maximum absolute atomic E-state index is 12.9. The van der Waals surface area contributed by atoms with Gasteiger partial charge in [0, 0.05) is 36.7 Å². The van der Waals surface area contributed by atoms with Gasteiger partial charge in [0.2, 0.25) is 5.91 Å². The number of carbonyl (C=O) groups excluding carboxylic acids is 3. The van der Waals surface area contributed by atoms with E-state index in [0.717, 1.165) is 49.2 Å². The highest BCUT2D eigenvalue weighted by Crippen LogP contribution is 2.23. The number of amides is 2. The van der Waals surface area contributed by atoms with Crippen molar-refractivity contribution in [2.75, 3.05) is 20.2 Å². The van der Waals surface area contributed by atoms with Crippen molar-refractivity contribution in [3.05, 3.63) is 65.9 Å². The maximum atomic E-state index is 12.9. The lowest BCUT2D eigenvalue weighted by molar-refractivity contribution is -0.132. The van der Waals surface area contributed by atoms with Gasteiger partial charge in [0.25, 0.3) is 11.7 Å². The highest BCUT2D eigenvalue weighted by atomic mass is 16.5. The number of methoxy groups -OCH3 is 1. The Balaban J connectivity index is 1.49. The lowest BCUT2D eigenvalue weighted by atomic mass is 10.1. The fraction of sp³-hybridized carbons (Fsp3) is 0.320. The van der Waals surface area contributed by atoms with E-state index in [4.69, 9.17) is 4.74 Å². The second kappa shape index (κ2) is 9.68. The van der Waals surface area contributed by atoms with Crippen LogP contribution in [0.2, 0.25) is 0 Å². The van der Waals surface area contributed by atoms with Gasteiger partial charge in [-0.25, -0.2) is 0 Å². The minimum atomic E-state index is -0.675. The van der Waals surface area contributed by atoms with Crippen LogP contribution in [0.15, 0.2) is 54.7 Å². The summed E-state index contributed by atoms with van der Waals surface area (Å²) in [4.78, 5) is 40.2. The third-order valence-electron chi connectivity index (χ3n) is 5.87. The first-order valence-corrected chi connectivity index (χ1v) is 10.9. The number of ketones is 1. The van der Waals surface area contributed by atoms with Gasteiger partial charge in [0.05, 0.1) is 12.7 Å². The smallest absolute Gasteiger partial charge is 0.292 e. The van der Waals surface area contributed by atoms with Gasteiger partial charge in [0.15, 0.2) is 0 Å². The average Bonchev–Trinajstić information content (AvgIpc) is 3.21. The topological polar surface area (TPSA) is 80.6 Å². The van der Waals surface area contributed by atoms with Gasteiger partial charge in [-0.1, -0.05) is 30.3 Å². The standard InChI is InChI=1S/C25H27N3O4/c1-32-19-11-9-18(10-12-19)15-26-25(31)24(30)21-16-28(22-8-4-3-7-20(21)22)17-23(29)27-13-5-2-6-14-27/h3-4,7-12,16H,2,5-6,13-15,17H2,1H3,(H,26,31). The summed E-state index contributed by atoms with van der Waals surface area (Å²) >= 11 is 0. The van der Waals surface area contributed by atoms with Crippen molar-refractivity contribution >= 4 is 28.5 Å². The van der Waals surface area contributed by atoms with Crippen molar-refractivity contribution in [2.24, 2.45) is 0 Å². The summed E-state index contributed by atoms with van der Waals surface area (Å²) in [6.07, 6.45) is 4.83. The summed E-state index contributed by atoms with van der Waals surface area (Å²) in [7, 11) is 1.59. The van der Waals surface area contributed by atoms with E-state index in [1.165, 1.54) is 0 Å². The Labute approximate surface area is 187 Å². The fourth-order valence-corrected chi connectivity index (χ4v) is 4.08. The Morgan fingerprint density at radius 2 is 1.69 bits per heavy atom. The van der Waals surface area contributed by atoms with Crippen molar-refractivity contribution in [1.82, 2.24) is 14.8 Å². The SMILES string of the molecule is COc1ccc(CNC(=O)C(=O)c2cn(CC(=O)N3CCCCC3)c3ccccc23)cc1. The van der Waals surface area contributed by atoms with Gasteiger partial charge in [-0.05, 0) is 43.0 Å². The molecule has 1 aromatic heterocycles. The summed E-state index contributed by atoms with van der Waals surface area (Å²) in [5.41, 5.74) is 1.94. The van der Waals surface area contributed by atoms with Crippen molar-refractivity contribution in [2.45, 2.75) is 32.4 Å². The van der Waals surface area contributed by atoms with Crippen LogP contribution in [0.1, 0.15) is 35.2 Å². The molecule has 7 heteroatoms. The first kappa shape index (κ1) is 21.6. The number of nitrogens with zero attached hydrogens (tertiary/aromatic N) is 2. The molecule has 0 spiro atoms. The second-order valence-electron chi connectivity index (χ2n) is 7.99. The Bertz CT molecular complexity index is 1130. The van der Waals surface area contributed by atoms with Gasteiger partial charge in [-0.2, -0.15) is 0 Å². The number of ether oxygens (including phenoxy) is 1. The molecule has 0 radical (unpaired) electrons. The number of rotatable bonds is 7. The summed E-state index contributed by atoms with van der Waals surface area (Å²) < 4.78 is 6.90. The average molecular weight is 434 g/mol. The largest absolute Gasteiger partial charge is 0.497 e. The van der Waals surface area contributed by atoms with Crippen molar-refractivity contribution in [1.29, 1.82) is 0 Å². The Morgan fingerprint density at radius 1 is 0.969 bits per heavy atom. The van der Waals surface area contributed by atoms with Crippen LogP contribution in [0.3, 0.4) is 0 Å². The minimum absolute atomic E-state index is 0.0356. The van der Waals surface area contributed by atoms with Crippen LogP contribution < -0.4 is 10.1 Å². The molecular weight excluding hydrogens is 406 g/mol. The van der Waals surface area contributed by atoms with Gasteiger partial charge < -0.3 is 19.5 Å². The Kier molecular flexibility index (Phi) is 6.54. The van der Waals surface area contributed by atoms with E-state index in [-0.39, 0.29) is 19.0 Å². The van der Waals surface area contributed by atoms with Gasteiger partial charge in [-0.3, -0.25) is 14.4 Å². The molecule has 0 bridgehead atoms. The molecule has 1 N–H and O–H groups in total. The van der Waals surface area contributed by atoms with Crippen LogP contribution in [-0.2, 0) is 22.7 Å². The summed E-state index contributed by atoms with van der Waals surface area (Å²) in [5.74, 6) is -0.526. The number of carbonyl (C=O) groups is 3. The molecule has 0 atom stereocenters. The number of hydrogen-bond donors (Lipinski definition) is 1. The van der Waals surface area contributed by atoms with E-state index in [0.29, 0.717) is 10.9 Å². The second-order valence-corrected chi connectivity index (χ2v) is 7.99. The lowest BCUT2D eigenvalue weighted by Crippen LogP contribution is -2.37. The quantitative estimate of drug-likeness (QED) is 0.459. The summed E-state index contributed by atoms with van der Waals surface area (Å²) in [5, 5.41) is 3.36. The molecule has 7 nitrogen and oxygen atoms in total. The predicted octanol–water partition coefficient (Wildman–Crippen LogP) is 3.16. The number of benzene rings is 2. The molecule has 0 unspecified atom stereocenters. The van der Waals surface area contributed by atoms with Crippen LogP contribution in [0, 0.1) is 0 Å². The minimum Gasteiger partial charge on any atom is -0.497 e. The monoisotopic (exact) mass is 433 g/mol. The highest BCUT2D eigenvalue weighted by molar-refractivity contribution is 6.45. The van der Waals surface area contributed by atoms with Crippen molar-refractivity contribution < 1.29 is 19.1 Å². The molecule has 3 aromatic rings. The Hall–Kier alpha value is -3.61. The van der Waals surface area contributed by atoms with Crippen LogP contribution in [0.4, 0.5) is 0 Å². The highest BCUT2D eigenvalue weighted by Gasteiger charge is 2.23. The molecule has 166 valence electrons. The molecule has 1 aliphatic rings. The predicted molar refractivity (Wildman–Crippen MR) is 122 cm³/mol. The Morgan fingerprint density at radius 3 is 2.41 bits per heavy atom. The van der Waals surface area contributed by atoms with Crippen molar-refractivity contribution in [3.63, 3.8) is 0 Å². The fourth-order valence-electron chi connectivity index (χ4n) is 4.08. The van der Waals surface area contributed by atoms with Crippen LogP contribution in [0.5, 0.6) is 5.75 Å². The molecule has 1 fully saturated rings. The molecule has 2 heterocycles. The molecule has 2 aromatic carbocycles. The number of aromatic nitrogens is 1. The zero-order valence-electron chi connectivity index (χ0n) is 18.2.